The Morgan fingerprint density at radius 3 is 2.50 bits per heavy atom. The minimum absolute atomic E-state index is 0.0487. The molecule has 0 spiro atoms. The summed E-state index contributed by atoms with van der Waals surface area (Å²) in [4.78, 5) is 18.4. The molecular weight excluding hydrogens is 328 g/mol. The summed E-state index contributed by atoms with van der Waals surface area (Å²) in [6.45, 7) is 9.57. The SMILES string of the molecule is CC(C)c1ccc(-c2noc(CCC(=O)N(C)CC(C)(C)CN)n2)cc1. The first kappa shape index (κ1) is 20.1. The zero-order valence-corrected chi connectivity index (χ0v) is 16.5. The lowest BCUT2D eigenvalue weighted by Gasteiger charge is -2.29. The van der Waals surface area contributed by atoms with E-state index < -0.39 is 0 Å². The second-order valence-corrected chi connectivity index (χ2v) is 7.91. The van der Waals surface area contributed by atoms with E-state index in [9.17, 15) is 4.79 Å². The Morgan fingerprint density at radius 2 is 1.92 bits per heavy atom. The van der Waals surface area contributed by atoms with E-state index in [1.165, 1.54) is 5.56 Å². The molecule has 0 saturated carbocycles. The molecule has 0 radical (unpaired) electrons. The van der Waals surface area contributed by atoms with Crippen LogP contribution in [0, 0.1) is 5.41 Å². The third kappa shape index (κ3) is 5.39. The van der Waals surface area contributed by atoms with Crippen molar-refractivity contribution in [3.8, 4) is 11.4 Å². The lowest BCUT2D eigenvalue weighted by atomic mass is 9.93. The van der Waals surface area contributed by atoms with Crippen molar-refractivity contribution in [1.82, 2.24) is 15.0 Å². The number of hydrogen-bond donors (Lipinski definition) is 1. The van der Waals surface area contributed by atoms with Crippen LogP contribution in [-0.2, 0) is 11.2 Å². The maximum atomic E-state index is 12.3. The van der Waals surface area contributed by atoms with Gasteiger partial charge < -0.3 is 15.2 Å². The molecule has 6 heteroatoms. The van der Waals surface area contributed by atoms with Gasteiger partial charge in [0.1, 0.15) is 0 Å². The molecule has 1 aromatic heterocycles. The maximum Gasteiger partial charge on any atom is 0.227 e. The van der Waals surface area contributed by atoms with Gasteiger partial charge in [-0.25, -0.2) is 0 Å². The Labute approximate surface area is 155 Å². The van der Waals surface area contributed by atoms with Gasteiger partial charge in [-0.3, -0.25) is 4.79 Å². The summed E-state index contributed by atoms with van der Waals surface area (Å²) < 4.78 is 5.30. The van der Waals surface area contributed by atoms with Crippen LogP contribution in [-0.4, -0.2) is 41.1 Å². The molecule has 0 fully saturated rings. The highest BCUT2D eigenvalue weighted by Gasteiger charge is 2.21. The molecule has 0 unspecified atom stereocenters. The molecule has 2 rings (SSSR count). The fourth-order valence-electron chi connectivity index (χ4n) is 2.69. The van der Waals surface area contributed by atoms with Crippen molar-refractivity contribution in [2.24, 2.45) is 11.1 Å². The third-order valence-electron chi connectivity index (χ3n) is 4.50. The average molecular weight is 358 g/mol. The number of nitrogens with zero attached hydrogens (tertiary/aromatic N) is 3. The number of carbonyl (C=O) groups is 1. The molecule has 26 heavy (non-hydrogen) atoms. The molecule has 1 heterocycles. The molecule has 1 aromatic carbocycles. The first-order valence-electron chi connectivity index (χ1n) is 9.09. The zero-order chi connectivity index (χ0) is 19.3. The predicted molar refractivity (Wildman–Crippen MR) is 103 cm³/mol. The average Bonchev–Trinajstić information content (AvgIpc) is 3.08. The van der Waals surface area contributed by atoms with Crippen molar-refractivity contribution < 1.29 is 9.32 Å². The number of aromatic nitrogens is 2. The number of hydrogen-bond acceptors (Lipinski definition) is 5. The third-order valence-corrected chi connectivity index (χ3v) is 4.50. The first-order valence-corrected chi connectivity index (χ1v) is 9.09. The summed E-state index contributed by atoms with van der Waals surface area (Å²) >= 11 is 0. The van der Waals surface area contributed by atoms with Crippen LogP contribution in [0.5, 0.6) is 0 Å². The number of nitrogens with two attached hydrogens (primary N) is 1. The standard InChI is InChI=1S/C20H30N4O2/c1-14(2)15-6-8-16(9-7-15)19-22-17(26-23-19)10-11-18(25)24(5)13-20(3,4)12-21/h6-9,14H,10-13,21H2,1-5H3. The Hall–Kier alpha value is -2.21. The van der Waals surface area contributed by atoms with E-state index in [4.69, 9.17) is 10.3 Å². The number of carbonyl (C=O) groups excluding carboxylic acids is 1. The van der Waals surface area contributed by atoms with Crippen LogP contribution >= 0.6 is 0 Å². The van der Waals surface area contributed by atoms with Gasteiger partial charge in [0.25, 0.3) is 0 Å². The molecule has 0 atom stereocenters. The Bertz CT molecular complexity index is 720. The summed E-state index contributed by atoms with van der Waals surface area (Å²) in [6, 6.07) is 8.15. The predicted octanol–water partition coefficient (Wildman–Crippen LogP) is 3.24. The Balaban J connectivity index is 1.93. The van der Waals surface area contributed by atoms with Crippen LogP contribution < -0.4 is 5.73 Å². The van der Waals surface area contributed by atoms with Gasteiger partial charge in [-0.15, -0.1) is 0 Å². The van der Waals surface area contributed by atoms with Gasteiger partial charge in [-0.2, -0.15) is 4.98 Å². The van der Waals surface area contributed by atoms with E-state index in [1.807, 2.05) is 26.0 Å². The van der Waals surface area contributed by atoms with E-state index in [-0.39, 0.29) is 11.3 Å². The lowest BCUT2D eigenvalue weighted by molar-refractivity contribution is -0.131. The molecule has 2 aromatic rings. The van der Waals surface area contributed by atoms with Crippen LogP contribution in [0.15, 0.2) is 28.8 Å². The van der Waals surface area contributed by atoms with E-state index in [1.54, 1.807) is 11.9 Å². The van der Waals surface area contributed by atoms with Crippen molar-refractivity contribution in [2.45, 2.75) is 46.5 Å². The van der Waals surface area contributed by atoms with Crippen molar-refractivity contribution in [3.05, 3.63) is 35.7 Å². The van der Waals surface area contributed by atoms with Gasteiger partial charge in [0.15, 0.2) is 0 Å². The lowest BCUT2D eigenvalue weighted by Crippen LogP contribution is -2.39. The first-order chi connectivity index (χ1) is 12.2. The number of rotatable bonds is 8. The van der Waals surface area contributed by atoms with Crippen LogP contribution in [0.1, 0.15) is 51.5 Å². The van der Waals surface area contributed by atoms with Gasteiger partial charge in [0.05, 0.1) is 0 Å². The molecule has 2 N–H and O–H groups in total. The van der Waals surface area contributed by atoms with Gasteiger partial charge >= 0.3 is 0 Å². The Kier molecular flexibility index (Phi) is 6.53. The van der Waals surface area contributed by atoms with Gasteiger partial charge in [-0.1, -0.05) is 57.1 Å². The van der Waals surface area contributed by atoms with Crippen LogP contribution in [0.4, 0.5) is 0 Å². The second-order valence-electron chi connectivity index (χ2n) is 7.91. The fraction of sp³-hybridized carbons (Fsp3) is 0.550. The Morgan fingerprint density at radius 1 is 1.27 bits per heavy atom. The summed E-state index contributed by atoms with van der Waals surface area (Å²) in [7, 11) is 1.80. The normalized spacial score (nSPS) is 11.8. The highest BCUT2D eigenvalue weighted by Crippen LogP contribution is 2.21. The fourth-order valence-corrected chi connectivity index (χ4v) is 2.69. The number of amides is 1. The summed E-state index contributed by atoms with van der Waals surface area (Å²) in [6.07, 6.45) is 0.772. The summed E-state index contributed by atoms with van der Waals surface area (Å²) in [5.74, 6) is 1.57. The van der Waals surface area contributed by atoms with Crippen molar-refractivity contribution in [3.63, 3.8) is 0 Å². The topological polar surface area (TPSA) is 85.2 Å². The van der Waals surface area contributed by atoms with Crippen LogP contribution in [0.3, 0.4) is 0 Å². The molecule has 0 aliphatic rings. The van der Waals surface area contributed by atoms with Gasteiger partial charge in [0.2, 0.25) is 17.6 Å². The zero-order valence-electron chi connectivity index (χ0n) is 16.5. The quantitative estimate of drug-likeness (QED) is 0.783. The van der Waals surface area contributed by atoms with E-state index >= 15 is 0 Å². The minimum atomic E-state index is -0.0930. The maximum absolute atomic E-state index is 12.3. The molecule has 142 valence electrons. The monoisotopic (exact) mass is 358 g/mol. The van der Waals surface area contributed by atoms with Crippen molar-refractivity contribution >= 4 is 5.91 Å². The molecule has 0 aliphatic heterocycles. The smallest absolute Gasteiger partial charge is 0.227 e. The van der Waals surface area contributed by atoms with E-state index in [0.717, 1.165) is 5.56 Å². The number of benzene rings is 1. The molecule has 1 amide bonds. The van der Waals surface area contributed by atoms with Crippen molar-refractivity contribution in [1.29, 1.82) is 0 Å². The molecular formula is C20H30N4O2. The highest BCUT2D eigenvalue weighted by molar-refractivity contribution is 5.76. The van der Waals surface area contributed by atoms with Gasteiger partial charge in [-0.05, 0) is 23.4 Å². The molecule has 0 bridgehead atoms. The van der Waals surface area contributed by atoms with Crippen LogP contribution in [0.2, 0.25) is 0 Å². The largest absolute Gasteiger partial charge is 0.345 e. The highest BCUT2D eigenvalue weighted by atomic mass is 16.5. The van der Waals surface area contributed by atoms with Gasteiger partial charge in [0, 0.05) is 32.0 Å². The summed E-state index contributed by atoms with van der Waals surface area (Å²) in [5.41, 5.74) is 7.82. The second kappa shape index (κ2) is 8.45. The van der Waals surface area contributed by atoms with E-state index in [2.05, 4.69) is 36.1 Å². The molecule has 0 aliphatic carbocycles. The van der Waals surface area contributed by atoms with Crippen molar-refractivity contribution in [2.75, 3.05) is 20.1 Å². The minimum Gasteiger partial charge on any atom is -0.345 e. The summed E-state index contributed by atoms with van der Waals surface area (Å²) in [5, 5.41) is 4.03. The molecule has 6 nitrogen and oxygen atoms in total. The molecule has 0 saturated heterocycles. The van der Waals surface area contributed by atoms with E-state index in [0.29, 0.717) is 43.6 Å². The number of aryl methyl sites for hydroxylation is 1. The van der Waals surface area contributed by atoms with Crippen LogP contribution in [0.25, 0.3) is 11.4 Å².